The van der Waals surface area contributed by atoms with Gasteiger partial charge >= 0.3 is 11.9 Å². The summed E-state index contributed by atoms with van der Waals surface area (Å²) in [5.41, 5.74) is 5.09. The molecule has 0 fully saturated rings. The lowest BCUT2D eigenvalue weighted by Gasteiger charge is -2.13. The van der Waals surface area contributed by atoms with E-state index in [9.17, 15) is 14.9 Å². The van der Waals surface area contributed by atoms with Crippen LogP contribution in [-0.2, 0) is 9.47 Å². The van der Waals surface area contributed by atoms with Crippen molar-refractivity contribution in [3.8, 4) is 28.3 Å². The summed E-state index contributed by atoms with van der Waals surface area (Å²) in [6.07, 6.45) is 6.18. The number of hydrogen-bond acceptors (Lipinski definition) is 5. The van der Waals surface area contributed by atoms with E-state index in [1.807, 2.05) is 81.4 Å². The Bertz CT molecular complexity index is 1250. The molecule has 0 spiro atoms. The number of rotatable bonds is 14. The van der Waals surface area contributed by atoms with Gasteiger partial charge in [0.2, 0.25) is 0 Å². The molecule has 0 aliphatic heterocycles. The third-order valence-electron chi connectivity index (χ3n) is 6.92. The van der Waals surface area contributed by atoms with Crippen LogP contribution in [0.4, 0.5) is 0 Å². The standard InChI is InChI=1S/C35H41NO4/c1-5-6-7-8-9-26(4)40-35(38)33-20-16-31(17-21-33)29-12-10-28(11-13-29)30-14-18-32(19-15-30)34(37)39-24-27(23-36)22-25(2)3/h10-21,25-27H,5-9,22,24H2,1-4H3/t26-,27-/m0/s1. The average Bonchev–Trinajstić information content (AvgIpc) is 2.97. The van der Waals surface area contributed by atoms with E-state index < -0.39 is 5.97 Å². The van der Waals surface area contributed by atoms with Crippen LogP contribution in [0.5, 0.6) is 0 Å². The van der Waals surface area contributed by atoms with E-state index in [1.165, 1.54) is 19.3 Å². The van der Waals surface area contributed by atoms with Crippen molar-refractivity contribution in [1.29, 1.82) is 5.26 Å². The first-order valence-electron chi connectivity index (χ1n) is 14.4. The molecule has 0 N–H and O–H groups in total. The summed E-state index contributed by atoms with van der Waals surface area (Å²) in [6.45, 7) is 8.34. The molecule has 5 heteroatoms. The Morgan fingerprint density at radius 3 is 1.65 bits per heavy atom. The molecule has 0 unspecified atom stereocenters. The van der Waals surface area contributed by atoms with E-state index in [2.05, 4.69) is 13.0 Å². The molecule has 0 aromatic heterocycles. The van der Waals surface area contributed by atoms with Crippen molar-refractivity contribution in [2.45, 2.75) is 72.3 Å². The molecule has 3 aromatic carbocycles. The molecule has 210 valence electrons. The van der Waals surface area contributed by atoms with E-state index in [4.69, 9.17) is 9.47 Å². The van der Waals surface area contributed by atoms with Crippen molar-refractivity contribution in [2.75, 3.05) is 6.61 Å². The molecule has 2 atom stereocenters. The quantitative estimate of drug-likeness (QED) is 0.151. The molecule has 0 radical (unpaired) electrons. The number of benzene rings is 3. The Labute approximate surface area is 239 Å². The van der Waals surface area contributed by atoms with Gasteiger partial charge in [-0.3, -0.25) is 0 Å². The number of nitriles is 1. The van der Waals surface area contributed by atoms with Crippen LogP contribution in [0, 0.1) is 23.2 Å². The third kappa shape index (κ3) is 9.38. The number of esters is 2. The van der Waals surface area contributed by atoms with Crippen LogP contribution in [0.1, 0.15) is 86.9 Å². The van der Waals surface area contributed by atoms with Gasteiger partial charge in [-0.2, -0.15) is 5.26 Å². The highest BCUT2D eigenvalue weighted by Crippen LogP contribution is 2.26. The number of unbranched alkanes of at least 4 members (excludes halogenated alkanes) is 3. The fourth-order valence-corrected chi connectivity index (χ4v) is 4.61. The molecule has 0 bridgehead atoms. The Hall–Kier alpha value is -3.91. The van der Waals surface area contributed by atoms with Crippen molar-refractivity contribution in [2.24, 2.45) is 11.8 Å². The van der Waals surface area contributed by atoms with Crippen molar-refractivity contribution in [3.63, 3.8) is 0 Å². The summed E-state index contributed by atoms with van der Waals surface area (Å²) < 4.78 is 11.0. The van der Waals surface area contributed by atoms with E-state index >= 15 is 0 Å². The second kappa shape index (κ2) is 15.6. The number of carbonyl (C=O) groups excluding carboxylic acids is 2. The van der Waals surface area contributed by atoms with Crippen molar-refractivity contribution < 1.29 is 19.1 Å². The topological polar surface area (TPSA) is 76.4 Å². The second-order valence-corrected chi connectivity index (χ2v) is 10.9. The fourth-order valence-electron chi connectivity index (χ4n) is 4.61. The van der Waals surface area contributed by atoms with E-state index in [-0.39, 0.29) is 24.6 Å². The number of carbonyl (C=O) groups is 2. The Morgan fingerprint density at radius 2 is 1.20 bits per heavy atom. The van der Waals surface area contributed by atoms with Crippen LogP contribution in [0.2, 0.25) is 0 Å². The van der Waals surface area contributed by atoms with Gasteiger partial charge in [-0.1, -0.05) is 88.6 Å². The number of nitrogens with zero attached hydrogens (tertiary/aromatic N) is 1. The smallest absolute Gasteiger partial charge is 0.338 e. The molecular formula is C35H41NO4. The lowest BCUT2D eigenvalue weighted by Crippen LogP contribution is -2.15. The van der Waals surface area contributed by atoms with Gasteiger partial charge in [-0.05, 0) is 78.6 Å². The highest BCUT2D eigenvalue weighted by Gasteiger charge is 2.15. The van der Waals surface area contributed by atoms with Crippen LogP contribution in [0.25, 0.3) is 22.3 Å². The van der Waals surface area contributed by atoms with Gasteiger partial charge in [0.05, 0.1) is 29.2 Å². The summed E-state index contributed by atoms with van der Waals surface area (Å²) in [5.74, 6) is -0.617. The normalized spacial score (nSPS) is 12.4. The summed E-state index contributed by atoms with van der Waals surface area (Å²) in [7, 11) is 0. The Balaban J connectivity index is 1.55. The molecule has 0 saturated heterocycles. The summed E-state index contributed by atoms with van der Waals surface area (Å²) in [4.78, 5) is 24.9. The second-order valence-electron chi connectivity index (χ2n) is 10.9. The highest BCUT2D eigenvalue weighted by molar-refractivity contribution is 5.91. The molecule has 0 aliphatic rings. The molecule has 0 heterocycles. The molecule has 0 amide bonds. The first kappa shape index (κ1) is 30.6. The lowest BCUT2D eigenvalue weighted by molar-refractivity contribution is 0.0319. The maximum atomic E-state index is 12.5. The van der Waals surface area contributed by atoms with Gasteiger partial charge in [0.15, 0.2) is 0 Å². The van der Waals surface area contributed by atoms with Gasteiger partial charge in [-0.25, -0.2) is 9.59 Å². The van der Waals surface area contributed by atoms with Gasteiger partial charge < -0.3 is 9.47 Å². The van der Waals surface area contributed by atoms with Gasteiger partial charge in [0.1, 0.15) is 6.61 Å². The minimum atomic E-state index is -0.417. The van der Waals surface area contributed by atoms with Crippen molar-refractivity contribution >= 4 is 11.9 Å². The van der Waals surface area contributed by atoms with Gasteiger partial charge in [0.25, 0.3) is 0 Å². The largest absolute Gasteiger partial charge is 0.461 e. The van der Waals surface area contributed by atoms with Crippen LogP contribution >= 0.6 is 0 Å². The van der Waals surface area contributed by atoms with Crippen LogP contribution < -0.4 is 0 Å². The average molecular weight is 540 g/mol. The first-order chi connectivity index (χ1) is 19.3. The van der Waals surface area contributed by atoms with Crippen LogP contribution in [0.3, 0.4) is 0 Å². The predicted octanol–water partition coefficient (Wildman–Crippen LogP) is 8.88. The van der Waals surface area contributed by atoms with Crippen LogP contribution in [-0.4, -0.2) is 24.6 Å². The monoisotopic (exact) mass is 539 g/mol. The van der Waals surface area contributed by atoms with E-state index in [0.29, 0.717) is 23.5 Å². The van der Waals surface area contributed by atoms with E-state index in [1.54, 1.807) is 12.1 Å². The lowest BCUT2D eigenvalue weighted by atomic mass is 9.99. The molecule has 0 aliphatic carbocycles. The number of ether oxygens (including phenoxy) is 2. The molecule has 3 rings (SSSR count). The molecule has 3 aromatic rings. The number of hydrogen-bond donors (Lipinski definition) is 0. The van der Waals surface area contributed by atoms with Crippen molar-refractivity contribution in [1.82, 2.24) is 0 Å². The maximum absolute atomic E-state index is 12.5. The minimum absolute atomic E-state index is 0.0816. The molecular weight excluding hydrogens is 498 g/mol. The van der Waals surface area contributed by atoms with Gasteiger partial charge in [0, 0.05) is 0 Å². The van der Waals surface area contributed by atoms with Crippen LogP contribution in [0.15, 0.2) is 72.8 Å². The molecule has 5 nitrogen and oxygen atoms in total. The summed E-state index contributed by atoms with van der Waals surface area (Å²) in [6, 6.07) is 25.2. The Morgan fingerprint density at radius 1 is 0.725 bits per heavy atom. The fraction of sp³-hybridized carbons (Fsp3) is 0.400. The minimum Gasteiger partial charge on any atom is -0.461 e. The predicted molar refractivity (Wildman–Crippen MR) is 160 cm³/mol. The molecule has 0 saturated carbocycles. The summed E-state index contributed by atoms with van der Waals surface area (Å²) in [5, 5.41) is 9.25. The highest BCUT2D eigenvalue weighted by atomic mass is 16.5. The van der Waals surface area contributed by atoms with Gasteiger partial charge in [-0.15, -0.1) is 0 Å². The zero-order valence-corrected chi connectivity index (χ0v) is 24.2. The maximum Gasteiger partial charge on any atom is 0.338 e. The zero-order valence-electron chi connectivity index (χ0n) is 24.2. The third-order valence-corrected chi connectivity index (χ3v) is 6.92. The first-order valence-corrected chi connectivity index (χ1v) is 14.4. The van der Waals surface area contributed by atoms with Crippen molar-refractivity contribution in [3.05, 3.63) is 83.9 Å². The summed E-state index contributed by atoms with van der Waals surface area (Å²) >= 11 is 0. The Kier molecular flexibility index (Phi) is 12.0. The SMILES string of the molecule is CCCCCC[C@H](C)OC(=O)c1ccc(-c2ccc(-c3ccc(C(=O)OC[C@H](C#N)CC(C)C)cc3)cc2)cc1. The molecule has 40 heavy (non-hydrogen) atoms. The van der Waals surface area contributed by atoms with E-state index in [0.717, 1.165) is 35.1 Å². The zero-order chi connectivity index (χ0) is 28.9.